The van der Waals surface area contributed by atoms with Gasteiger partial charge in [-0.3, -0.25) is 15.0 Å². The molecule has 0 spiro atoms. The topological polar surface area (TPSA) is 58.4 Å². The van der Waals surface area contributed by atoms with Crippen molar-refractivity contribution in [1.82, 2.24) is 4.90 Å². The number of rotatable bonds is 7. The molecule has 0 amide bonds. The van der Waals surface area contributed by atoms with Gasteiger partial charge in [0, 0.05) is 24.2 Å². The minimum Gasteiger partial charge on any atom is -0.371 e. The van der Waals surface area contributed by atoms with Crippen molar-refractivity contribution in [3.8, 4) is 0 Å². The number of nitrogens with one attached hydrogen (secondary N) is 1. The Bertz CT molecular complexity index is 779. The lowest BCUT2D eigenvalue weighted by atomic mass is 9.71. The van der Waals surface area contributed by atoms with Gasteiger partial charge in [-0.1, -0.05) is 39.0 Å². The molecule has 1 N–H and O–H groups in total. The number of nitro groups is 1. The zero-order chi connectivity index (χ0) is 22.8. The van der Waals surface area contributed by atoms with Crippen LogP contribution < -0.4 is 5.32 Å². The lowest BCUT2D eigenvalue weighted by Gasteiger charge is -2.45. The number of hydrogen-bond acceptors (Lipinski definition) is 4. The molecular weight excluding hydrogens is 386 g/mol. The van der Waals surface area contributed by atoms with E-state index in [2.05, 4.69) is 51.4 Å². The molecular formula is C26H41N3O2. The summed E-state index contributed by atoms with van der Waals surface area (Å²) in [5.74, 6) is 0.818. The largest absolute Gasteiger partial charge is 0.371 e. The molecule has 1 saturated heterocycles. The smallest absolute Gasteiger partial charge is 0.292 e. The van der Waals surface area contributed by atoms with Crippen LogP contribution >= 0.6 is 0 Å². The Morgan fingerprint density at radius 2 is 1.77 bits per heavy atom. The molecule has 1 saturated carbocycles. The molecule has 0 bridgehead atoms. The average Bonchev–Trinajstić information content (AvgIpc) is 3.07. The Balaban J connectivity index is 1.72. The maximum absolute atomic E-state index is 11.5. The number of benzene rings is 1. The highest BCUT2D eigenvalue weighted by Gasteiger charge is 2.41. The Morgan fingerprint density at radius 3 is 2.35 bits per heavy atom. The molecule has 31 heavy (non-hydrogen) atoms. The summed E-state index contributed by atoms with van der Waals surface area (Å²) in [5.41, 5.74) is 0.684. The van der Waals surface area contributed by atoms with E-state index < -0.39 is 5.54 Å². The number of nitrogens with zero attached hydrogens (tertiary/aromatic N) is 2. The first-order chi connectivity index (χ1) is 14.5. The molecule has 1 aliphatic carbocycles. The normalized spacial score (nSPS) is 29.3. The molecule has 1 aromatic carbocycles. The van der Waals surface area contributed by atoms with Gasteiger partial charge in [-0.2, -0.15) is 0 Å². The molecule has 3 rings (SSSR count). The second-order valence-electron chi connectivity index (χ2n) is 11.1. The van der Waals surface area contributed by atoms with Crippen LogP contribution in [-0.2, 0) is 0 Å². The molecule has 3 atom stereocenters. The standard InChI is InChI=1S/C26H41N3O2/c1-7-26(6,27-23-10-8-9-11-24(23)29(30)31)18-22-15-12-19(2)28(22)21-16-13-20(14-17-21)25(3,4)5/h7-11,19-22,27H,1,12-18H2,2-6H3/t19-,20-,21+,22-,26+/m0/s1. The molecule has 0 aromatic heterocycles. The Hall–Kier alpha value is -1.88. The summed E-state index contributed by atoms with van der Waals surface area (Å²) in [7, 11) is 0. The summed E-state index contributed by atoms with van der Waals surface area (Å²) in [6, 6.07) is 8.64. The van der Waals surface area contributed by atoms with Crippen molar-refractivity contribution in [3.63, 3.8) is 0 Å². The number of likely N-dealkylation sites (tertiary alicyclic amines) is 1. The molecule has 2 aliphatic rings. The van der Waals surface area contributed by atoms with Gasteiger partial charge in [-0.15, -0.1) is 6.58 Å². The first-order valence-corrected chi connectivity index (χ1v) is 12.0. The predicted octanol–water partition coefficient (Wildman–Crippen LogP) is 6.80. The van der Waals surface area contributed by atoms with Gasteiger partial charge in [0.25, 0.3) is 5.69 Å². The van der Waals surface area contributed by atoms with Gasteiger partial charge in [-0.05, 0) is 76.2 Å². The maximum atomic E-state index is 11.5. The molecule has 172 valence electrons. The molecule has 0 radical (unpaired) electrons. The fraction of sp³-hybridized carbons (Fsp3) is 0.692. The lowest BCUT2D eigenvalue weighted by molar-refractivity contribution is -0.384. The van der Waals surface area contributed by atoms with Crippen molar-refractivity contribution in [2.45, 2.75) is 103 Å². The second-order valence-corrected chi connectivity index (χ2v) is 11.1. The van der Waals surface area contributed by atoms with Gasteiger partial charge in [0.1, 0.15) is 5.69 Å². The third-order valence-corrected chi connectivity index (χ3v) is 7.82. The maximum Gasteiger partial charge on any atom is 0.292 e. The van der Waals surface area contributed by atoms with E-state index in [9.17, 15) is 10.1 Å². The molecule has 2 fully saturated rings. The summed E-state index contributed by atoms with van der Waals surface area (Å²) in [4.78, 5) is 13.9. The number of anilines is 1. The minimum absolute atomic E-state index is 0.118. The fourth-order valence-corrected chi connectivity index (χ4v) is 5.92. The molecule has 5 nitrogen and oxygen atoms in total. The van der Waals surface area contributed by atoms with E-state index in [-0.39, 0.29) is 10.6 Å². The van der Waals surface area contributed by atoms with E-state index >= 15 is 0 Å². The quantitative estimate of drug-likeness (QED) is 0.295. The van der Waals surface area contributed by atoms with Crippen molar-refractivity contribution < 1.29 is 4.92 Å². The van der Waals surface area contributed by atoms with Crippen LogP contribution in [0.4, 0.5) is 11.4 Å². The van der Waals surface area contributed by atoms with Crippen molar-refractivity contribution in [3.05, 3.63) is 47.0 Å². The van der Waals surface area contributed by atoms with E-state index in [0.717, 1.165) is 12.3 Å². The summed E-state index contributed by atoms with van der Waals surface area (Å²) in [6.07, 6.45) is 10.4. The Kier molecular flexibility index (Phi) is 7.14. The SMILES string of the molecule is C=C[C@](C)(C[C@@H]1CC[C@H](C)N1[C@H]1CC[C@@H](C(C)(C)C)CC1)Nc1ccccc1[N+](=O)[O-]. The number of hydrogen-bond donors (Lipinski definition) is 1. The van der Waals surface area contributed by atoms with Crippen LogP contribution in [0.2, 0.25) is 0 Å². The van der Waals surface area contributed by atoms with Crippen molar-refractivity contribution in [1.29, 1.82) is 0 Å². The lowest BCUT2D eigenvalue weighted by Crippen LogP contribution is -2.49. The summed E-state index contributed by atoms with van der Waals surface area (Å²) in [6.45, 7) is 15.7. The van der Waals surface area contributed by atoms with E-state index in [1.807, 2.05) is 12.1 Å². The fourth-order valence-electron chi connectivity index (χ4n) is 5.92. The van der Waals surface area contributed by atoms with Crippen LogP contribution in [0, 0.1) is 21.4 Å². The van der Waals surface area contributed by atoms with E-state index in [4.69, 9.17) is 0 Å². The monoisotopic (exact) mass is 427 g/mol. The van der Waals surface area contributed by atoms with Gasteiger partial charge in [0.05, 0.1) is 10.5 Å². The third kappa shape index (κ3) is 5.49. The highest BCUT2D eigenvalue weighted by molar-refractivity contribution is 5.62. The van der Waals surface area contributed by atoms with Crippen LogP contribution in [0.15, 0.2) is 36.9 Å². The van der Waals surface area contributed by atoms with Crippen LogP contribution in [0.1, 0.15) is 79.6 Å². The van der Waals surface area contributed by atoms with Crippen LogP contribution in [0.5, 0.6) is 0 Å². The van der Waals surface area contributed by atoms with Gasteiger partial charge in [0.15, 0.2) is 0 Å². The van der Waals surface area contributed by atoms with E-state index in [1.54, 1.807) is 18.2 Å². The van der Waals surface area contributed by atoms with Gasteiger partial charge in [0.2, 0.25) is 0 Å². The van der Waals surface area contributed by atoms with Crippen LogP contribution in [0.3, 0.4) is 0 Å². The van der Waals surface area contributed by atoms with Gasteiger partial charge < -0.3 is 5.32 Å². The molecule has 1 heterocycles. The van der Waals surface area contributed by atoms with Gasteiger partial charge >= 0.3 is 0 Å². The predicted molar refractivity (Wildman–Crippen MR) is 129 cm³/mol. The highest BCUT2D eigenvalue weighted by Crippen LogP contribution is 2.43. The Labute approximate surface area is 188 Å². The minimum atomic E-state index is -0.401. The van der Waals surface area contributed by atoms with Crippen LogP contribution in [0.25, 0.3) is 0 Å². The average molecular weight is 428 g/mol. The van der Waals surface area contributed by atoms with Crippen molar-refractivity contribution in [2.24, 2.45) is 11.3 Å². The summed E-state index contributed by atoms with van der Waals surface area (Å²) < 4.78 is 0. The first-order valence-electron chi connectivity index (χ1n) is 12.0. The highest BCUT2D eigenvalue weighted by atomic mass is 16.6. The summed E-state index contributed by atoms with van der Waals surface area (Å²) >= 11 is 0. The second kappa shape index (κ2) is 9.32. The number of para-hydroxylation sites is 2. The molecule has 0 unspecified atom stereocenters. The third-order valence-electron chi connectivity index (χ3n) is 7.82. The molecule has 5 heteroatoms. The molecule has 1 aliphatic heterocycles. The van der Waals surface area contributed by atoms with Crippen molar-refractivity contribution in [2.75, 3.05) is 5.32 Å². The van der Waals surface area contributed by atoms with Crippen LogP contribution in [-0.4, -0.2) is 33.5 Å². The van der Waals surface area contributed by atoms with Crippen molar-refractivity contribution >= 4 is 11.4 Å². The van der Waals surface area contributed by atoms with E-state index in [0.29, 0.717) is 29.2 Å². The Morgan fingerprint density at radius 1 is 1.13 bits per heavy atom. The zero-order valence-corrected chi connectivity index (χ0v) is 20.1. The molecule has 1 aromatic rings. The number of nitro benzene ring substituents is 1. The summed E-state index contributed by atoms with van der Waals surface area (Å²) in [5, 5.41) is 14.9. The first kappa shape index (κ1) is 23.8. The zero-order valence-electron chi connectivity index (χ0n) is 20.1. The van der Waals surface area contributed by atoms with Gasteiger partial charge in [-0.25, -0.2) is 0 Å². The van der Waals surface area contributed by atoms with E-state index in [1.165, 1.54) is 38.5 Å².